The van der Waals surface area contributed by atoms with Gasteiger partial charge in [-0.05, 0) is 31.2 Å². The third-order valence-corrected chi connectivity index (χ3v) is 4.78. The number of hydrogen-bond acceptors (Lipinski definition) is 4. The van der Waals surface area contributed by atoms with Crippen molar-refractivity contribution in [2.24, 2.45) is 0 Å². The van der Waals surface area contributed by atoms with E-state index < -0.39 is 0 Å². The molecule has 0 aliphatic rings. The van der Waals surface area contributed by atoms with Gasteiger partial charge in [-0.3, -0.25) is 9.59 Å². The lowest BCUT2D eigenvalue weighted by Gasteiger charge is -2.01. The molecule has 2 rings (SSSR count). The number of amides is 2. The zero-order valence-electron chi connectivity index (χ0n) is 10.6. The fourth-order valence-electron chi connectivity index (χ4n) is 1.50. The summed E-state index contributed by atoms with van der Waals surface area (Å²) in [5.41, 5.74) is 0. The second-order valence-corrected chi connectivity index (χ2v) is 6.30. The summed E-state index contributed by atoms with van der Waals surface area (Å²) in [7, 11) is 1.54. The van der Waals surface area contributed by atoms with E-state index >= 15 is 0 Å². The Bertz CT molecular complexity index is 601. The number of aryl methyl sites for hydroxylation is 1. The highest BCUT2D eigenvalue weighted by Crippen LogP contribution is 2.33. The zero-order valence-corrected chi connectivity index (χ0v) is 12.3. The first kappa shape index (κ1) is 13.8. The third kappa shape index (κ3) is 3.42. The number of rotatable bonds is 4. The first-order chi connectivity index (χ1) is 9.10. The van der Waals surface area contributed by atoms with Gasteiger partial charge in [-0.2, -0.15) is 0 Å². The number of thiophene rings is 2. The van der Waals surface area contributed by atoms with E-state index in [2.05, 4.69) is 29.7 Å². The highest BCUT2D eigenvalue weighted by atomic mass is 32.1. The molecule has 2 aromatic heterocycles. The second kappa shape index (κ2) is 5.99. The molecule has 0 spiro atoms. The Morgan fingerprint density at radius 1 is 1.11 bits per heavy atom. The van der Waals surface area contributed by atoms with Crippen LogP contribution >= 0.6 is 22.7 Å². The van der Waals surface area contributed by atoms with Crippen LogP contribution in [0.3, 0.4) is 0 Å². The van der Waals surface area contributed by atoms with E-state index in [-0.39, 0.29) is 18.4 Å². The minimum Gasteiger partial charge on any atom is -0.358 e. The lowest BCUT2D eigenvalue weighted by molar-refractivity contribution is -0.119. The third-order valence-electron chi connectivity index (χ3n) is 2.50. The number of carbonyl (C=O) groups excluding carboxylic acids is 2. The summed E-state index contributed by atoms with van der Waals surface area (Å²) in [6, 6.07) is 7.84. The van der Waals surface area contributed by atoms with Crippen molar-refractivity contribution in [3.05, 3.63) is 34.0 Å². The van der Waals surface area contributed by atoms with Gasteiger partial charge in [0, 0.05) is 21.7 Å². The number of hydrogen-bond donors (Lipinski definition) is 2. The van der Waals surface area contributed by atoms with Crippen LogP contribution in [0.15, 0.2) is 24.3 Å². The van der Waals surface area contributed by atoms with Gasteiger partial charge >= 0.3 is 0 Å². The smallest absolute Gasteiger partial charge is 0.261 e. The molecule has 2 N–H and O–H groups in total. The summed E-state index contributed by atoms with van der Waals surface area (Å²) in [6.45, 7) is 2.05. The van der Waals surface area contributed by atoms with E-state index in [0.29, 0.717) is 4.88 Å². The molecule has 4 nitrogen and oxygen atoms in total. The van der Waals surface area contributed by atoms with Crippen molar-refractivity contribution in [2.45, 2.75) is 6.92 Å². The fraction of sp³-hybridized carbons (Fsp3) is 0.231. The highest BCUT2D eigenvalue weighted by Gasteiger charge is 2.11. The molecular formula is C13H14N2O2S2. The van der Waals surface area contributed by atoms with Crippen LogP contribution in [0.5, 0.6) is 0 Å². The molecule has 6 heteroatoms. The van der Waals surface area contributed by atoms with Crippen molar-refractivity contribution >= 4 is 34.5 Å². The van der Waals surface area contributed by atoms with Crippen molar-refractivity contribution < 1.29 is 9.59 Å². The fourth-order valence-corrected chi connectivity index (χ4v) is 3.38. The summed E-state index contributed by atoms with van der Waals surface area (Å²) < 4.78 is 0. The lowest BCUT2D eigenvalue weighted by Crippen LogP contribution is -2.34. The van der Waals surface area contributed by atoms with Crippen LogP contribution in [0.4, 0.5) is 0 Å². The summed E-state index contributed by atoms with van der Waals surface area (Å²) in [4.78, 5) is 27.0. The minimum atomic E-state index is -0.215. The van der Waals surface area contributed by atoms with E-state index in [1.165, 1.54) is 23.3 Å². The molecule has 0 saturated heterocycles. The van der Waals surface area contributed by atoms with Gasteiger partial charge in [0.05, 0.1) is 11.4 Å². The van der Waals surface area contributed by atoms with Gasteiger partial charge in [0.1, 0.15) is 0 Å². The van der Waals surface area contributed by atoms with Crippen LogP contribution in [-0.4, -0.2) is 25.4 Å². The Kier molecular flexibility index (Phi) is 4.34. The van der Waals surface area contributed by atoms with Gasteiger partial charge < -0.3 is 10.6 Å². The van der Waals surface area contributed by atoms with Crippen molar-refractivity contribution in [1.82, 2.24) is 10.6 Å². The van der Waals surface area contributed by atoms with Gasteiger partial charge in [0.2, 0.25) is 5.91 Å². The predicted octanol–water partition coefficient (Wildman–Crippen LogP) is 2.26. The first-order valence-electron chi connectivity index (χ1n) is 5.75. The molecular weight excluding hydrogens is 280 g/mol. The van der Waals surface area contributed by atoms with Crippen LogP contribution in [0.25, 0.3) is 9.75 Å². The molecule has 19 heavy (non-hydrogen) atoms. The van der Waals surface area contributed by atoms with Gasteiger partial charge in [-0.25, -0.2) is 0 Å². The quantitative estimate of drug-likeness (QED) is 0.908. The van der Waals surface area contributed by atoms with E-state index in [1.807, 2.05) is 6.07 Å². The number of likely N-dealkylation sites (N-methyl/N-ethyl adjacent to an activating group) is 1. The van der Waals surface area contributed by atoms with Crippen molar-refractivity contribution in [1.29, 1.82) is 0 Å². The maximum absolute atomic E-state index is 11.8. The van der Waals surface area contributed by atoms with Crippen LogP contribution in [0, 0.1) is 6.92 Å². The molecule has 0 radical (unpaired) electrons. The van der Waals surface area contributed by atoms with Crippen molar-refractivity contribution in [3.63, 3.8) is 0 Å². The van der Waals surface area contributed by atoms with Crippen LogP contribution in [0.2, 0.25) is 0 Å². The van der Waals surface area contributed by atoms with Crippen molar-refractivity contribution in [2.75, 3.05) is 13.6 Å². The van der Waals surface area contributed by atoms with E-state index in [0.717, 1.165) is 9.75 Å². The maximum atomic E-state index is 11.8. The Hall–Kier alpha value is -1.66. The standard InChI is InChI=1S/C13H14N2O2S2/c1-8-3-4-9(18-8)10-5-6-11(19-10)13(17)15-7-12(16)14-2/h3-6H,7H2,1-2H3,(H,14,16)(H,15,17). The molecule has 0 aromatic carbocycles. The molecule has 0 aliphatic carbocycles. The molecule has 0 fully saturated rings. The lowest BCUT2D eigenvalue weighted by atomic mass is 10.3. The SMILES string of the molecule is CNC(=O)CNC(=O)c1ccc(-c2ccc(C)s2)s1. The zero-order chi connectivity index (χ0) is 13.8. The minimum absolute atomic E-state index is 0.000671. The van der Waals surface area contributed by atoms with E-state index in [1.54, 1.807) is 17.4 Å². The van der Waals surface area contributed by atoms with Crippen LogP contribution in [0.1, 0.15) is 14.5 Å². The molecule has 2 heterocycles. The molecule has 0 aliphatic heterocycles. The summed E-state index contributed by atoms with van der Waals surface area (Å²) in [5.74, 6) is -0.424. The first-order valence-corrected chi connectivity index (χ1v) is 7.39. The largest absolute Gasteiger partial charge is 0.358 e. The molecule has 0 atom stereocenters. The van der Waals surface area contributed by atoms with E-state index in [9.17, 15) is 9.59 Å². The molecule has 0 bridgehead atoms. The topological polar surface area (TPSA) is 58.2 Å². The second-order valence-electron chi connectivity index (χ2n) is 3.93. The Balaban J connectivity index is 2.04. The average Bonchev–Trinajstić information content (AvgIpc) is 3.03. The highest BCUT2D eigenvalue weighted by molar-refractivity contribution is 7.23. The van der Waals surface area contributed by atoms with Crippen LogP contribution < -0.4 is 10.6 Å². The molecule has 0 saturated carbocycles. The number of carbonyl (C=O) groups is 2. The van der Waals surface area contributed by atoms with Gasteiger partial charge in [-0.1, -0.05) is 0 Å². The summed E-state index contributed by atoms with van der Waals surface area (Å²) in [5, 5.41) is 5.04. The average molecular weight is 294 g/mol. The van der Waals surface area contributed by atoms with E-state index in [4.69, 9.17) is 0 Å². The molecule has 0 unspecified atom stereocenters. The Labute approximate surface area is 119 Å². The summed E-state index contributed by atoms with van der Waals surface area (Å²) in [6.07, 6.45) is 0. The molecule has 2 amide bonds. The Morgan fingerprint density at radius 2 is 1.79 bits per heavy atom. The van der Waals surface area contributed by atoms with Gasteiger partial charge in [0.25, 0.3) is 5.91 Å². The number of nitrogens with one attached hydrogen (secondary N) is 2. The monoisotopic (exact) mass is 294 g/mol. The normalized spacial score (nSPS) is 10.2. The molecule has 100 valence electrons. The Morgan fingerprint density at radius 3 is 2.42 bits per heavy atom. The van der Waals surface area contributed by atoms with Gasteiger partial charge in [0.15, 0.2) is 0 Å². The maximum Gasteiger partial charge on any atom is 0.261 e. The predicted molar refractivity (Wildman–Crippen MR) is 78.8 cm³/mol. The summed E-state index contributed by atoms with van der Waals surface area (Å²) >= 11 is 3.14. The van der Waals surface area contributed by atoms with Crippen LogP contribution in [-0.2, 0) is 4.79 Å². The molecule has 2 aromatic rings. The van der Waals surface area contributed by atoms with Crippen molar-refractivity contribution in [3.8, 4) is 9.75 Å². The van der Waals surface area contributed by atoms with Gasteiger partial charge in [-0.15, -0.1) is 22.7 Å².